The molecule has 2 heterocycles. The molecule has 4 rings (SSSR count). The molecule has 6 nitrogen and oxygen atoms in total. The van der Waals surface area contributed by atoms with E-state index in [9.17, 15) is 9.90 Å². The van der Waals surface area contributed by atoms with Gasteiger partial charge in [-0.15, -0.1) is 6.42 Å². The molecule has 6 heteroatoms. The van der Waals surface area contributed by atoms with Gasteiger partial charge in [0.05, 0.1) is 23.6 Å². The van der Waals surface area contributed by atoms with E-state index in [0.717, 1.165) is 40.9 Å². The van der Waals surface area contributed by atoms with E-state index in [1.807, 2.05) is 60.0 Å². The Kier molecular flexibility index (Phi) is 5.96. The first-order valence-corrected chi connectivity index (χ1v) is 10.4. The molecule has 0 fully saturated rings. The average molecular weight is 412 g/mol. The lowest BCUT2D eigenvalue weighted by Crippen LogP contribution is -2.35. The first-order chi connectivity index (χ1) is 15.1. The zero-order valence-corrected chi connectivity index (χ0v) is 17.4. The number of aliphatic imine (C=N–C) groups is 1. The molecule has 0 radical (unpaired) electrons. The van der Waals surface area contributed by atoms with Crippen LogP contribution in [0.4, 0.5) is 0 Å². The quantitative estimate of drug-likeness (QED) is 0.481. The number of benzene rings is 2. The van der Waals surface area contributed by atoms with E-state index in [1.165, 1.54) is 0 Å². The summed E-state index contributed by atoms with van der Waals surface area (Å²) in [5.74, 6) is 2.28. The molecule has 1 aliphatic rings. The number of terminal acetylenes is 1. The lowest BCUT2D eigenvalue weighted by atomic mass is 9.98. The summed E-state index contributed by atoms with van der Waals surface area (Å²) >= 11 is 0. The number of nitrogens with zero attached hydrogens (tertiary/aromatic N) is 3. The molecule has 1 aromatic heterocycles. The first-order valence-electron chi connectivity index (χ1n) is 10.4. The van der Waals surface area contributed by atoms with Crippen molar-refractivity contribution < 1.29 is 9.90 Å². The second-order valence-electron chi connectivity index (χ2n) is 7.45. The number of aliphatic hydroxyl groups excluding tert-OH is 1. The Bertz CT molecular complexity index is 1170. The number of carbonyl (C=O) groups is 1. The summed E-state index contributed by atoms with van der Waals surface area (Å²) in [7, 11) is 0. The van der Waals surface area contributed by atoms with Gasteiger partial charge in [-0.1, -0.05) is 49.6 Å². The van der Waals surface area contributed by atoms with Crippen molar-refractivity contribution in [3.63, 3.8) is 0 Å². The maximum atomic E-state index is 12.8. The summed E-state index contributed by atoms with van der Waals surface area (Å²) < 4.78 is 1.88. The van der Waals surface area contributed by atoms with Crippen LogP contribution >= 0.6 is 0 Å². The van der Waals surface area contributed by atoms with Crippen LogP contribution in [-0.4, -0.2) is 32.5 Å². The van der Waals surface area contributed by atoms with Crippen LogP contribution in [0.3, 0.4) is 0 Å². The lowest BCUT2D eigenvalue weighted by molar-refractivity contribution is 0.0754. The van der Waals surface area contributed by atoms with E-state index in [4.69, 9.17) is 11.4 Å². The van der Waals surface area contributed by atoms with Gasteiger partial charge in [-0.2, -0.15) is 0 Å². The number of imidazole rings is 1. The third-order valence-corrected chi connectivity index (χ3v) is 5.32. The molecule has 2 aromatic carbocycles. The van der Waals surface area contributed by atoms with Crippen molar-refractivity contribution in [1.29, 1.82) is 0 Å². The summed E-state index contributed by atoms with van der Waals surface area (Å²) in [5.41, 5.74) is 5.20. The summed E-state index contributed by atoms with van der Waals surface area (Å²) in [5, 5.41) is 12.7. The van der Waals surface area contributed by atoms with Crippen LogP contribution in [0.1, 0.15) is 59.1 Å². The zero-order valence-electron chi connectivity index (χ0n) is 17.4. The summed E-state index contributed by atoms with van der Waals surface area (Å²) in [6.07, 6.45) is 8.65. The molecule has 0 saturated heterocycles. The summed E-state index contributed by atoms with van der Waals surface area (Å²) in [6.45, 7) is 2.31. The SMILES string of the molecule is C#Cc1ccc2c(c1)C(c1ccccc1)=NCc1c(C(=O)NC(O)CCCC)ncn1-2. The van der Waals surface area contributed by atoms with E-state index in [0.29, 0.717) is 12.1 Å². The largest absolute Gasteiger partial charge is 0.374 e. The average Bonchev–Trinajstić information content (AvgIpc) is 3.15. The molecule has 3 aromatic rings. The fraction of sp³-hybridized carbons (Fsp3) is 0.240. The Hall–Kier alpha value is -3.69. The Morgan fingerprint density at radius 2 is 2.10 bits per heavy atom. The molecule has 1 unspecified atom stereocenters. The van der Waals surface area contributed by atoms with Crippen molar-refractivity contribution in [1.82, 2.24) is 14.9 Å². The summed E-state index contributed by atoms with van der Waals surface area (Å²) in [6, 6.07) is 15.6. The number of unbranched alkanes of at least 4 members (excludes halogenated alkanes) is 1. The van der Waals surface area contributed by atoms with Gasteiger partial charge in [-0.05, 0) is 31.0 Å². The number of aliphatic hydroxyl groups is 1. The fourth-order valence-corrected chi connectivity index (χ4v) is 3.72. The Balaban J connectivity index is 1.77. The van der Waals surface area contributed by atoms with Gasteiger partial charge in [0, 0.05) is 16.7 Å². The van der Waals surface area contributed by atoms with Crippen LogP contribution in [0.15, 0.2) is 59.9 Å². The van der Waals surface area contributed by atoms with Crippen LogP contribution in [0.25, 0.3) is 5.69 Å². The highest BCUT2D eigenvalue weighted by atomic mass is 16.3. The number of amides is 1. The standard InChI is InChI=1S/C25H24N4O2/c1-3-5-11-22(30)28-25(31)24-21-15-26-23(18-9-7-6-8-10-18)19-14-17(4-2)12-13-20(19)29(21)16-27-24/h2,6-10,12-14,16,22,30H,3,5,11,15H2,1H3,(H,28,31). The van der Waals surface area contributed by atoms with E-state index in [2.05, 4.69) is 16.2 Å². The number of fused-ring (bicyclic) bond motifs is 3. The van der Waals surface area contributed by atoms with Crippen molar-refractivity contribution in [3.8, 4) is 18.0 Å². The molecular weight excluding hydrogens is 388 g/mol. The van der Waals surface area contributed by atoms with Gasteiger partial charge in [0.1, 0.15) is 12.6 Å². The highest BCUT2D eigenvalue weighted by Gasteiger charge is 2.25. The monoisotopic (exact) mass is 412 g/mol. The third kappa shape index (κ3) is 4.14. The first kappa shape index (κ1) is 20.6. The molecule has 156 valence electrons. The minimum absolute atomic E-state index is 0.264. The minimum atomic E-state index is -0.899. The number of nitrogens with one attached hydrogen (secondary N) is 1. The van der Waals surface area contributed by atoms with Crippen molar-refractivity contribution in [3.05, 3.63) is 82.9 Å². The molecule has 1 aliphatic heterocycles. The zero-order chi connectivity index (χ0) is 21.8. The third-order valence-electron chi connectivity index (χ3n) is 5.32. The fourth-order valence-electron chi connectivity index (χ4n) is 3.72. The Labute approximate surface area is 181 Å². The van der Waals surface area contributed by atoms with Crippen molar-refractivity contribution in [2.45, 2.75) is 39.0 Å². The molecule has 0 spiro atoms. The van der Waals surface area contributed by atoms with Crippen LogP contribution in [0.5, 0.6) is 0 Å². The van der Waals surface area contributed by atoms with Crippen LogP contribution in [0, 0.1) is 12.3 Å². The van der Waals surface area contributed by atoms with Crippen molar-refractivity contribution in [2.75, 3.05) is 0 Å². The molecule has 1 atom stereocenters. The number of hydrogen-bond acceptors (Lipinski definition) is 4. The van der Waals surface area contributed by atoms with Crippen molar-refractivity contribution >= 4 is 11.6 Å². The van der Waals surface area contributed by atoms with Gasteiger partial charge in [-0.3, -0.25) is 14.4 Å². The van der Waals surface area contributed by atoms with Gasteiger partial charge >= 0.3 is 0 Å². The van der Waals surface area contributed by atoms with Crippen LogP contribution < -0.4 is 5.32 Å². The normalized spacial score (nSPS) is 13.3. The molecule has 0 aliphatic carbocycles. The van der Waals surface area contributed by atoms with Gasteiger partial charge < -0.3 is 10.4 Å². The number of carbonyl (C=O) groups excluding carboxylic acids is 1. The second-order valence-corrected chi connectivity index (χ2v) is 7.45. The highest BCUT2D eigenvalue weighted by molar-refractivity contribution is 6.15. The number of aromatic nitrogens is 2. The predicted octanol–water partition coefficient (Wildman–Crippen LogP) is 3.44. The van der Waals surface area contributed by atoms with E-state index < -0.39 is 12.1 Å². The molecule has 0 saturated carbocycles. The van der Waals surface area contributed by atoms with Crippen molar-refractivity contribution in [2.24, 2.45) is 4.99 Å². The van der Waals surface area contributed by atoms with E-state index in [1.54, 1.807) is 6.33 Å². The molecule has 31 heavy (non-hydrogen) atoms. The molecule has 0 bridgehead atoms. The number of hydrogen-bond donors (Lipinski definition) is 2. The van der Waals surface area contributed by atoms with E-state index in [-0.39, 0.29) is 12.2 Å². The Morgan fingerprint density at radius 1 is 1.29 bits per heavy atom. The molecule has 1 amide bonds. The smallest absolute Gasteiger partial charge is 0.273 e. The van der Waals surface area contributed by atoms with E-state index >= 15 is 0 Å². The van der Waals surface area contributed by atoms with Gasteiger partial charge in [-0.25, -0.2) is 4.98 Å². The lowest BCUT2D eigenvalue weighted by Gasteiger charge is -2.13. The second kappa shape index (κ2) is 8.99. The topological polar surface area (TPSA) is 79.5 Å². The van der Waals surface area contributed by atoms with Gasteiger partial charge in [0.2, 0.25) is 0 Å². The van der Waals surface area contributed by atoms with Gasteiger partial charge in [0.25, 0.3) is 5.91 Å². The summed E-state index contributed by atoms with van der Waals surface area (Å²) in [4.78, 5) is 22.0. The van der Waals surface area contributed by atoms with Gasteiger partial charge in [0.15, 0.2) is 5.69 Å². The number of rotatable bonds is 6. The van der Waals surface area contributed by atoms with Crippen LogP contribution in [-0.2, 0) is 6.54 Å². The molecular formula is C25H24N4O2. The molecule has 2 N–H and O–H groups in total. The Morgan fingerprint density at radius 3 is 2.84 bits per heavy atom. The maximum absolute atomic E-state index is 12.8. The minimum Gasteiger partial charge on any atom is -0.374 e. The highest BCUT2D eigenvalue weighted by Crippen LogP contribution is 2.27. The van der Waals surface area contributed by atoms with Crippen LogP contribution in [0.2, 0.25) is 0 Å². The predicted molar refractivity (Wildman–Crippen MR) is 120 cm³/mol. The maximum Gasteiger partial charge on any atom is 0.273 e.